The largest absolute Gasteiger partial charge is 0.478 e. The molecule has 0 radical (unpaired) electrons. The third-order valence-corrected chi connectivity index (χ3v) is 2.82. The topological polar surface area (TPSA) is 50.4 Å². The molecule has 18 heavy (non-hydrogen) atoms. The van der Waals surface area contributed by atoms with Crippen molar-refractivity contribution in [3.05, 3.63) is 60.2 Å². The zero-order valence-corrected chi connectivity index (χ0v) is 9.46. The average molecular weight is 238 g/mol. The van der Waals surface area contributed by atoms with Gasteiger partial charge in [-0.2, -0.15) is 0 Å². The van der Waals surface area contributed by atoms with Crippen LogP contribution in [0, 0.1) is 0 Å². The van der Waals surface area contributed by atoms with Gasteiger partial charge in [-0.15, -0.1) is 0 Å². The third-order valence-electron chi connectivity index (χ3n) is 2.82. The number of hydrogen-bond acceptors (Lipinski definition) is 2. The minimum Gasteiger partial charge on any atom is -0.478 e. The first-order chi connectivity index (χ1) is 8.74. The van der Waals surface area contributed by atoms with Crippen molar-refractivity contribution in [2.24, 2.45) is 0 Å². The summed E-state index contributed by atoms with van der Waals surface area (Å²) < 4.78 is 5.70. The third kappa shape index (κ3) is 1.76. The van der Waals surface area contributed by atoms with E-state index in [1.165, 1.54) is 0 Å². The first-order valence-electron chi connectivity index (χ1n) is 5.56. The Hall–Kier alpha value is -2.55. The van der Waals surface area contributed by atoms with Crippen molar-refractivity contribution >= 4 is 16.9 Å². The summed E-state index contributed by atoms with van der Waals surface area (Å²) in [7, 11) is 0. The number of carboxylic acids is 1. The molecular formula is C15H10O3. The Morgan fingerprint density at radius 1 is 1.00 bits per heavy atom. The Balaban J connectivity index is 2.13. The lowest BCUT2D eigenvalue weighted by atomic mass is 10.1. The maximum Gasteiger partial charge on any atom is 0.335 e. The van der Waals surface area contributed by atoms with E-state index in [1.807, 2.05) is 36.4 Å². The zero-order chi connectivity index (χ0) is 12.5. The van der Waals surface area contributed by atoms with Gasteiger partial charge in [0.25, 0.3) is 0 Å². The molecular weight excluding hydrogens is 228 g/mol. The summed E-state index contributed by atoms with van der Waals surface area (Å²) in [6, 6.07) is 16.3. The summed E-state index contributed by atoms with van der Waals surface area (Å²) in [5.41, 5.74) is 1.83. The van der Waals surface area contributed by atoms with Crippen molar-refractivity contribution in [2.45, 2.75) is 0 Å². The number of furan rings is 1. The highest BCUT2D eigenvalue weighted by atomic mass is 16.4. The molecule has 0 saturated carbocycles. The lowest BCUT2D eigenvalue weighted by Crippen LogP contribution is -1.95. The van der Waals surface area contributed by atoms with Gasteiger partial charge < -0.3 is 9.52 Å². The van der Waals surface area contributed by atoms with Crippen molar-refractivity contribution in [3.8, 4) is 11.3 Å². The second-order valence-electron chi connectivity index (χ2n) is 4.03. The molecule has 3 heteroatoms. The van der Waals surface area contributed by atoms with Gasteiger partial charge in [0.15, 0.2) is 0 Å². The second kappa shape index (κ2) is 4.04. The van der Waals surface area contributed by atoms with Crippen molar-refractivity contribution in [2.75, 3.05) is 0 Å². The van der Waals surface area contributed by atoms with Gasteiger partial charge in [0, 0.05) is 10.9 Å². The number of hydrogen-bond donors (Lipinski definition) is 1. The number of para-hydroxylation sites is 1. The van der Waals surface area contributed by atoms with Crippen molar-refractivity contribution in [3.63, 3.8) is 0 Å². The molecule has 3 aromatic rings. The minimum atomic E-state index is -0.937. The number of carbonyl (C=O) groups is 1. The predicted molar refractivity (Wildman–Crippen MR) is 68.6 cm³/mol. The quantitative estimate of drug-likeness (QED) is 0.738. The Morgan fingerprint density at radius 3 is 2.61 bits per heavy atom. The van der Waals surface area contributed by atoms with Crippen LogP contribution in [0.1, 0.15) is 10.4 Å². The van der Waals surface area contributed by atoms with Gasteiger partial charge in [0.05, 0.1) is 5.56 Å². The lowest BCUT2D eigenvalue weighted by molar-refractivity contribution is 0.0697. The van der Waals surface area contributed by atoms with Crippen LogP contribution in [0.4, 0.5) is 0 Å². The molecule has 2 aromatic carbocycles. The number of aromatic carboxylic acids is 1. The summed E-state index contributed by atoms with van der Waals surface area (Å²) in [4.78, 5) is 10.9. The van der Waals surface area contributed by atoms with Gasteiger partial charge in [0.1, 0.15) is 11.3 Å². The first kappa shape index (κ1) is 10.6. The fraction of sp³-hybridized carbons (Fsp3) is 0. The van der Waals surface area contributed by atoms with Crippen molar-refractivity contribution in [1.82, 2.24) is 0 Å². The fourth-order valence-electron chi connectivity index (χ4n) is 1.93. The molecule has 1 aromatic heterocycles. The number of benzene rings is 2. The molecule has 0 aliphatic carbocycles. The van der Waals surface area contributed by atoms with Crippen molar-refractivity contribution in [1.29, 1.82) is 0 Å². The van der Waals surface area contributed by atoms with Gasteiger partial charge in [-0.25, -0.2) is 4.79 Å². The second-order valence-corrected chi connectivity index (χ2v) is 4.03. The maximum atomic E-state index is 10.9. The smallest absolute Gasteiger partial charge is 0.335 e. The first-order valence-corrected chi connectivity index (χ1v) is 5.56. The van der Waals surface area contributed by atoms with Crippen LogP contribution in [0.15, 0.2) is 59.0 Å². The molecule has 3 rings (SSSR count). The molecule has 0 aliphatic rings. The van der Waals surface area contributed by atoms with Crippen LogP contribution in [0.3, 0.4) is 0 Å². The van der Waals surface area contributed by atoms with Gasteiger partial charge in [0.2, 0.25) is 0 Å². The summed E-state index contributed by atoms with van der Waals surface area (Å²) in [6.07, 6.45) is 0. The molecule has 1 N–H and O–H groups in total. The molecule has 0 fully saturated rings. The zero-order valence-electron chi connectivity index (χ0n) is 9.46. The van der Waals surface area contributed by atoms with E-state index in [-0.39, 0.29) is 5.56 Å². The van der Waals surface area contributed by atoms with Crippen LogP contribution in [0.5, 0.6) is 0 Å². The maximum absolute atomic E-state index is 10.9. The molecule has 0 saturated heterocycles. The van der Waals surface area contributed by atoms with Crippen LogP contribution in [-0.4, -0.2) is 11.1 Å². The molecule has 0 aliphatic heterocycles. The van der Waals surface area contributed by atoms with Gasteiger partial charge in [-0.1, -0.05) is 30.3 Å². The summed E-state index contributed by atoms with van der Waals surface area (Å²) in [6.45, 7) is 0. The van der Waals surface area contributed by atoms with Crippen molar-refractivity contribution < 1.29 is 14.3 Å². The molecule has 0 unspecified atom stereocenters. The Kier molecular flexibility index (Phi) is 2.38. The predicted octanol–water partition coefficient (Wildman–Crippen LogP) is 3.80. The summed E-state index contributed by atoms with van der Waals surface area (Å²) in [5.74, 6) is -0.257. The molecule has 1 heterocycles. The van der Waals surface area contributed by atoms with Crippen LogP contribution < -0.4 is 0 Å². The molecule has 0 atom stereocenters. The number of rotatable bonds is 2. The van der Waals surface area contributed by atoms with Gasteiger partial charge in [-0.05, 0) is 24.3 Å². The molecule has 0 bridgehead atoms. The molecule has 3 nitrogen and oxygen atoms in total. The van der Waals surface area contributed by atoms with E-state index in [4.69, 9.17) is 9.52 Å². The van der Waals surface area contributed by atoms with Crippen LogP contribution in [0.25, 0.3) is 22.3 Å². The highest BCUT2D eigenvalue weighted by Crippen LogP contribution is 2.28. The van der Waals surface area contributed by atoms with Crippen LogP contribution in [-0.2, 0) is 0 Å². The monoisotopic (exact) mass is 238 g/mol. The van der Waals surface area contributed by atoms with E-state index in [9.17, 15) is 4.79 Å². The highest BCUT2D eigenvalue weighted by molar-refractivity contribution is 5.90. The Bertz CT molecular complexity index is 692. The Labute approximate surface area is 103 Å². The van der Waals surface area contributed by atoms with Gasteiger partial charge in [-0.3, -0.25) is 0 Å². The average Bonchev–Trinajstić information content (AvgIpc) is 2.82. The number of fused-ring (bicyclic) bond motifs is 1. The summed E-state index contributed by atoms with van der Waals surface area (Å²) >= 11 is 0. The lowest BCUT2D eigenvalue weighted by Gasteiger charge is -1.98. The molecule has 88 valence electrons. The van der Waals surface area contributed by atoms with E-state index in [2.05, 4.69) is 0 Å². The standard InChI is InChI=1S/C15H10O3/c16-15(17)12-6-3-5-10(8-12)14-9-11-4-1-2-7-13(11)18-14/h1-9H,(H,16,17). The number of carboxylic acid groups (broad SMARTS) is 1. The minimum absolute atomic E-state index is 0.257. The summed E-state index contributed by atoms with van der Waals surface area (Å²) in [5, 5.41) is 9.97. The highest BCUT2D eigenvalue weighted by Gasteiger charge is 2.08. The normalized spacial score (nSPS) is 10.7. The van der Waals surface area contributed by atoms with E-state index >= 15 is 0 Å². The molecule has 0 spiro atoms. The van der Waals surface area contributed by atoms with Crippen LogP contribution >= 0.6 is 0 Å². The van der Waals surface area contributed by atoms with Crippen LogP contribution in [0.2, 0.25) is 0 Å². The van der Waals surface area contributed by atoms with E-state index < -0.39 is 5.97 Å². The SMILES string of the molecule is O=C(O)c1cccc(-c2cc3ccccc3o2)c1. The Morgan fingerprint density at radius 2 is 1.83 bits per heavy atom. The van der Waals surface area contributed by atoms with E-state index in [0.717, 1.165) is 16.5 Å². The van der Waals surface area contributed by atoms with Gasteiger partial charge >= 0.3 is 5.97 Å². The molecule has 0 amide bonds. The van der Waals surface area contributed by atoms with E-state index in [0.29, 0.717) is 5.76 Å². The van der Waals surface area contributed by atoms with E-state index in [1.54, 1.807) is 18.2 Å². The fourth-order valence-corrected chi connectivity index (χ4v) is 1.93.